The third-order valence-corrected chi connectivity index (χ3v) is 5.77. The molecule has 6 nitrogen and oxygen atoms in total. The maximum atomic E-state index is 12.5. The molecule has 3 aliphatic heterocycles. The van der Waals surface area contributed by atoms with E-state index in [-0.39, 0.29) is 29.3 Å². The van der Waals surface area contributed by atoms with Gasteiger partial charge in [0.05, 0.1) is 24.8 Å². The third kappa shape index (κ3) is 2.56. The Morgan fingerprint density at radius 2 is 1.83 bits per heavy atom. The number of fused-ring (bicyclic) bond motifs is 2. The molecule has 3 heterocycles. The zero-order chi connectivity index (χ0) is 16.2. The van der Waals surface area contributed by atoms with Crippen LogP contribution in [0.25, 0.3) is 0 Å². The molecule has 4 fully saturated rings. The molecule has 0 bridgehead atoms. The van der Waals surface area contributed by atoms with Crippen molar-refractivity contribution in [1.82, 2.24) is 14.7 Å². The average molecular weight is 321 g/mol. The fraction of sp³-hybridized carbons (Fsp3) is 0.882. The summed E-state index contributed by atoms with van der Waals surface area (Å²) in [6.45, 7) is 9.36. The van der Waals surface area contributed by atoms with E-state index >= 15 is 0 Å². The van der Waals surface area contributed by atoms with Crippen molar-refractivity contribution in [3.8, 4) is 0 Å². The molecule has 1 aliphatic carbocycles. The standard InChI is InChI=1S/C17H27N3O3/c1-12(2)15(21)18-7-14-8-23-6-5-20(14)17(9-18)10-19(11-17)16(22)13-3-4-13/h12-14H,3-11H2,1-2H3. The minimum atomic E-state index is -0.0399. The van der Waals surface area contributed by atoms with Gasteiger partial charge in [-0.15, -0.1) is 0 Å². The number of likely N-dealkylation sites (tertiary alicyclic amines) is 1. The molecular formula is C17H27N3O3. The number of hydrogen-bond donors (Lipinski definition) is 0. The molecule has 3 saturated heterocycles. The first-order valence-corrected chi connectivity index (χ1v) is 8.92. The normalized spacial score (nSPS) is 30.3. The molecule has 6 heteroatoms. The van der Waals surface area contributed by atoms with Crippen molar-refractivity contribution in [2.75, 3.05) is 45.9 Å². The number of rotatable bonds is 2. The van der Waals surface area contributed by atoms with Gasteiger partial charge in [-0.05, 0) is 12.8 Å². The molecule has 4 aliphatic rings. The van der Waals surface area contributed by atoms with E-state index in [2.05, 4.69) is 4.90 Å². The van der Waals surface area contributed by atoms with Gasteiger partial charge in [0.15, 0.2) is 0 Å². The summed E-state index contributed by atoms with van der Waals surface area (Å²) in [7, 11) is 0. The van der Waals surface area contributed by atoms with Gasteiger partial charge < -0.3 is 14.5 Å². The lowest BCUT2D eigenvalue weighted by Crippen LogP contribution is -2.81. The van der Waals surface area contributed by atoms with Gasteiger partial charge in [-0.1, -0.05) is 13.8 Å². The molecule has 0 aromatic carbocycles. The Kier molecular flexibility index (Phi) is 3.65. The zero-order valence-electron chi connectivity index (χ0n) is 14.2. The first-order valence-electron chi connectivity index (χ1n) is 8.92. The minimum absolute atomic E-state index is 0.0207. The summed E-state index contributed by atoms with van der Waals surface area (Å²) in [6.07, 6.45) is 2.11. The van der Waals surface area contributed by atoms with Gasteiger partial charge in [0.2, 0.25) is 11.8 Å². The lowest BCUT2D eigenvalue weighted by atomic mass is 9.82. The second-order valence-electron chi connectivity index (χ2n) is 7.99. The number of ether oxygens (including phenoxy) is 1. The van der Waals surface area contributed by atoms with Crippen LogP contribution in [0.5, 0.6) is 0 Å². The van der Waals surface area contributed by atoms with Crippen LogP contribution in [0.15, 0.2) is 0 Å². The number of morpholine rings is 1. The molecule has 1 saturated carbocycles. The van der Waals surface area contributed by atoms with E-state index in [4.69, 9.17) is 4.74 Å². The molecular weight excluding hydrogens is 294 g/mol. The van der Waals surface area contributed by atoms with Crippen LogP contribution in [0.3, 0.4) is 0 Å². The van der Waals surface area contributed by atoms with Gasteiger partial charge in [-0.2, -0.15) is 0 Å². The summed E-state index contributed by atoms with van der Waals surface area (Å²) in [5.74, 6) is 0.853. The van der Waals surface area contributed by atoms with E-state index < -0.39 is 0 Å². The summed E-state index contributed by atoms with van der Waals surface area (Å²) in [5, 5.41) is 0. The predicted molar refractivity (Wildman–Crippen MR) is 84.8 cm³/mol. The number of amides is 2. The lowest BCUT2D eigenvalue weighted by molar-refractivity contribution is -0.182. The van der Waals surface area contributed by atoms with Crippen LogP contribution in [0, 0.1) is 11.8 Å². The van der Waals surface area contributed by atoms with Crippen molar-refractivity contribution < 1.29 is 14.3 Å². The molecule has 1 spiro atoms. The highest BCUT2D eigenvalue weighted by atomic mass is 16.5. The smallest absolute Gasteiger partial charge is 0.225 e. The molecule has 2 amide bonds. The van der Waals surface area contributed by atoms with Crippen molar-refractivity contribution in [1.29, 1.82) is 0 Å². The maximum absolute atomic E-state index is 12.5. The highest BCUT2D eigenvalue weighted by Crippen LogP contribution is 2.39. The van der Waals surface area contributed by atoms with E-state index in [1.165, 1.54) is 0 Å². The fourth-order valence-corrected chi connectivity index (χ4v) is 4.42. The predicted octanol–water partition coefficient (Wildman–Crippen LogP) is 0.176. The first-order chi connectivity index (χ1) is 11.0. The van der Waals surface area contributed by atoms with Crippen LogP contribution in [0.1, 0.15) is 26.7 Å². The van der Waals surface area contributed by atoms with Gasteiger partial charge in [0.25, 0.3) is 0 Å². The average Bonchev–Trinajstić information content (AvgIpc) is 3.34. The van der Waals surface area contributed by atoms with E-state index in [9.17, 15) is 9.59 Å². The van der Waals surface area contributed by atoms with Gasteiger partial charge in [-0.25, -0.2) is 0 Å². The number of carbonyl (C=O) groups excluding carboxylic acids is 2. The Labute approximate surface area is 137 Å². The van der Waals surface area contributed by atoms with E-state index in [0.29, 0.717) is 12.5 Å². The summed E-state index contributed by atoms with van der Waals surface area (Å²) in [4.78, 5) is 31.4. The number of hydrogen-bond acceptors (Lipinski definition) is 4. The van der Waals surface area contributed by atoms with Gasteiger partial charge in [0, 0.05) is 44.6 Å². The van der Waals surface area contributed by atoms with E-state index in [1.807, 2.05) is 23.6 Å². The molecule has 23 heavy (non-hydrogen) atoms. The Balaban J connectivity index is 1.51. The fourth-order valence-electron chi connectivity index (χ4n) is 4.42. The highest BCUT2D eigenvalue weighted by molar-refractivity contribution is 5.82. The molecule has 1 unspecified atom stereocenters. The second-order valence-corrected chi connectivity index (χ2v) is 7.99. The molecule has 1 atom stereocenters. The van der Waals surface area contributed by atoms with E-state index in [0.717, 1.165) is 52.2 Å². The lowest BCUT2D eigenvalue weighted by Gasteiger charge is -2.63. The van der Waals surface area contributed by atoms with Crippen molar-refractivity contribution in [2.45, 2.75) is 38.3 Å². The molecule has 0 radical (unpaired) electrons. The Morgan fingerprint density at radius 3 is 2.48 bits per heavy atom. The third-order valence-electron chi connectivity index (χ3n) is 5.77. The molecule has 0 N–H and O–H groups in total. The van der Waals surface area contributed by atoms with Crippen LogP contribution >= 0.6 is 0 Å². The number of nitrogens with zero attached hydrogens (tertiary/aromatic N) is 3. The van der Waals surface area contributed by atoms with Crippen molar-refractivity contribution in [3.05, 3.63) is 0 Å². The molecule has 0 aromatic rings. The maximum Gasteiger partial charge on any atom is 0.225 e. The van der Waals surface area contributed by atoms with Crippen molar-refractivity contribution in [3.63, 3.8) is 0 Å². The molecule has 4 rings (SSSR count). The summed E-state index contributed by atoms with van der Waals surface area (Å²) in [6, 6.07) is 0.276. The van der Waals surface area contributed by atoms with Gasteiger partial charge in [0.1, 0.15) is 0 Å². The summed E-state index contributed by atoms with van der Waals surface area (Å²) in [5.41, 5.74) is -0.0399. The van der Waals surface area contributed by atoms with Crippen molar-refractivity contribution >= 4 is 11.8 Å². The Hall–Kier alpha value is -1.14. The van der Waals surface area contributed by atoms with Crippen molar-refractivity contribution in [2.24, 2.45) is 11.8 Å². The van der Waals surface area contributed by atoms with Gasteiger partial charge in [-0.3, -0.25) is 14.5 Å². The quantitative estimate of drug-likeness (QED) is 0.728. The molecule has 128 valence electrons. The van der Waals surface area contributed by atoms with Crippen LogP contribution < -0.4 is 0 Å². The van der Waals surface area contributed by atoms with Crippen LogP contribution in [-0.2, 0) is 14.3 Å². The Morgan fingerprint density at radius 1 is 1.13 bits per heavy atom. The first kappa shape index (κ1) is 15.4. The van der Waals surface area contributed by atoms with Crippen LogP contribution in [0.2, 0.25) is 0 Å². The molecule has 0 aromatic heterocycles. The Bertz CT molecular complexity index is 511. The van der Waals surface area contributed by atoms with Gasteiger partial charge >= 0.3 is 0 Å². The summed E-state index contributed by atoms with van der Waals surface area (Å²) < 4.78 is 5.65. The largest absolute Gasteiger partial charge is 0.378 e. The zero-order valence-corrected chi connectivity index (χ0v) is 14.2. The summed E-state index contributed by atoms with van der Waals surface area (Å²) >= 11 is 0. The minimum Gasteiger partial charge on any atom is -0.378 e. The monoisotopic (exact) mass is 321 g/mol. The second kappa shape index (κ2) is 5.45. The van der Waals surface area contributed by atoms with Crippen LogP contribution in [-0.4, -0.2) is 84.0 Å². The SMILES string of the molecule is CC(C)C(=O)N1CC2COCCN2C2(C1)CN(C(=O)C1CC1)C2. The number of carbonyl (C=O) groups is 2. The highest BCUT2D eigenvalue weighted by Gasteiger charge is 2.57. The topological polar surface area (TPSA) is 53.1 Å². The number of piperazine rings is 1. The van der Waals surface area contributed by atoms with E-state index in [1.54, 1.807) is 0 Å². The van der Waals surface area contributed by atoms with Crippen LogP contribution in [0.4, 0.5) is 0 Å².